The van der Waals surface area contributed by atoms with E-state index in [1.165, 1.54) is 17.5 Å². The van der Waals surface area contributed by atoms with Crippen LogP contribution in [0.15, 0.2) is 53.4 Å². The average Bonchev–Trinajstić information content (AvgIpc) is 3.30. The summed E-state index contributed by atoms with van der Waals surface area (Å²) < 4.78 is 33.0. The molecule has 3 rings (SSSR count). The van der Waals surface area contributed by atoms with Crippen molar-refractivity contribution in [2.45, 2.75) is 37.5 Å². The van der Waals surface area contributed by atoms with Gasteiger partial charge in [-0.3, -0.25) is 4.79 Å². The van der Waals surface area contributed by atoms with E-state index >= 15 is 0 Å². The van der Waals surface area contributed by atoms with Gasteiger partial charge in [0.15, 0.2) is 0 Å². The van der Waals surface area contributed by atoms with Crippen LogP contribution in [0.25, 0.3) is 0 Å². The minimum atomic E-state index is -3.71. The van der Waals surface area contributed by atoms with Gasteiger partial charge in [0.25, 0.3) is 5.91 Å². The summed E-state index contributed by atoms with van der Waals surface area (Å²) in [7, 11) is -2.27. The number of benzene rings is 2. The number of sulfonamides is 1. The summed E-state index contributed by atoms with van der Waals surface area (Å²) in [4.78, 5) is 15.1. The largest absolute Gasteiger partial charge is 0.495 e. The predicted molar refractivity (Wildman–Crippen MR) is 114 cm³/mol. The van der Waals surface area contributed by atoms with Gasteiger partial charge in [0.05, 0.1) is 7.11 Å². The summed E-state index contributed by atoms with van der Waals surface area (Å²) in [6.07, 6.45) is 3.50. The normalized spacial score (nSPS) is 14.7. The molecule has 0 N–H and O–H groups in total. The maximum Gasteiger partial charge on any atom is 0.258 e. The highest BCUT2D eigenvalue weighted by atomic mass is 32.2. The van der Waals surface area contributed by atoms with Crippen molar-refractivity contribution >= 4 is 21.6 Å². The molecule has 0 bridgehead atoms. The van der Waals surface area contributed by atoms with E-state index in [0.29, 0.717) is 25.2 Å². The first-order valence-electron chi connectivity index (χ1n) is 10.0. The van der Waals surface area contributed by atoms with Gasteiger partial charge in [0.2, 0.25) is 10.0 Å². The van der Waals surface area contributed by atoms with Crippen molar-refractivity contribution in [1.82, 2.24) is 4.31 Å². The molecule has 1 heterocycles. The van der Waals surface area contributed by atoms with Crippen molar-refractivity contribution in [3.05, 3.63) is 54.1 Å². The van der Waals surface area contributed by atoms with Gasteiger partial charge < -0.3 is 9.64 Å². The molecule has 0 unspecified atom stereocenters. The molecule has 1 aliphatic heterocycles. The number of anilines is 1. The molecule has 1 aliphatic rings. The Labute approximate surface area is 173 Å². The summed E-state index contributed by atoms with van der Waals surface area (Å²) >= 11 is 0. The van der Waals surface area contributed by atoms with Crippen LogP contribution in [-0.4, -0.2) is 45.4 Å². The second-order valence-corrected chi connectivity index (χ2v) is 9.03. The maximum atomic E-state index is 13.3. The third-order valence-electron chi connectivity index (χ3n) is 5.14. The molecule has 7 heteroatoms. The first-order valence-corrected chi connectivity index (χ1v) is 11.5. The minimum absolute atomic E-state index is 0.0521. The molecule has 156 valence electrons. The molecule has 2 aromatic rings. The number of hydrogen-bond donors (Lipinski definition) is 0. The molecule has 0 saturated carbocycles. The Hall–Kier alpha value is -2.38. The van der Waals surface area contributed by atoms with Crippen LogP contribution in [0.3, 0.4) is 0 Å². The van der Waals surface area contributed by atoms with Gasteiger partial charge in [-0.15, -0.1) is 0 Å². The number of rotatable bonds is 8. The van der Waals surface area contributed by atoms with Crippen LogP contribution in [0.4, 0.5) is 5.69 Å². The van der Waals surface area contributed by atoms with E-state index in [-0.39, 0.29) is 16.6 Å². The number of amides is 1. The zero-order valence-electron chi connectivity index (χ0n) is 17.0. The maximum absolute atomic E-state index is 13.3. The number of carbonyl (C=O) groups excluding carboxylic acids is 1. The standard InChI is InChI=1S/C22H28N2O4S/c1-3-4-16-24(19-10-6-5-7-11-19)22(25)18-12-13-20(28-2)21(17-18)29(26,27)23-14-8-9-15-23/h5-7,10-13,17H,3-4,8-9,14-16H2,1-2H3. The number of nitrogens with zero attached hydrogens (tertiary/aromatic N) is 2. The summed E-state index contributed by atoms with van der Waals surface area (Å²) in [5.41, 5.74) is 1.13. The van der Waals surface area contributed by atoms with E-state index in [4.69, 9.17) is 4.74 Å². The lowest BCUT2D eigenvalue weighted by atomic mass is 10.1. The molecule has 2 aromatic carbocycles. The van der Waals surface area contributed by atoms with Crippen LogP contribution in [0.5, 0.6) is 5.75 Å². The molecule has 0 radical (unpaired) electrons. The van der Waals surface area contributed by atoms with Gasteiger partial charge in [-0.1, -0.05) is 31.5 Å². The van der Waals surface area contributed by atoms with Crippen LogP contribution in [0, 0.1) is 0 Å². The first kappa shape index (κ1) is 21.3. The highest BCUT2D eigenvalue weighted by Gasteiger charge is 2.31. The number of methoxy groups -OCH3 is 1. The molecular formula is C22H28N2O4S. The average molecular weight is 417 g/mol. The lowest BCUT2D eigenvalue weighted by molar-refractivity contribution is 0.0986. The third-order valence-corrected chi connectivity index (χ3v) is 7.06. The monoisotopic (exact) mass is 416 g/mol. The van der Waals surface area contributed by atoms with E-state index in [9.17, 15) is 13.2 Å². The third kappa shape index (κ3) is 4.62. The quantitative estimate of drug-likeness (QED) is 0.654. The Morgan fingerprint density at radius 3 is 2.41 bits per heavy atom. The Morgan fingerprint density at radius 1 is 1.10 bits per heavy atom. The van der Waals surface area contributed by atoms with E-state index in [1.807, 2.05) is 30.3 Å². The number of hydrogen-bond acceptors (Lipinski definition) is 4. The molecule has 1 saturated heterocycles. The van der Waals surface area contributed by atoms with Crippen molar-refractivity contribution in [2.75, 3.05) is 31.6 Å². The molecule has 0 spiro atoms. The van der Waals surface area contributed by atoms with E-state index in [0.717, 1.165) is 31.4 Å². The predicted octanol–water partition coefficient (Wildman–Crippen LogP) is 3.93. The number of para-hydroxylation sites is 1. The highest BCUT2D eigenvalue weighted by molar-refractivity contribution is 7.89. The lowest BCUT2D eigenvalue weighted by Crippen LogP contribution is -2.32. The molecule has 6 nitrogen and oxygen atoms in total. The van der Waals surface area contributed by atoms with Gasteiger partial charge >= 0.3 is 0 Å². The van der Waals surface area contributed by atoms with Crippen LogP contribution in [0.1, 0.15) is 43.0 Å². The van der Waals surface area contributed by atoms with Crippen molar-refractivity contribution in [3.63, 3.8) is 0 Å². The van der Waals surface area contributed by atoms with Crippen LogP contribution in [0.2, 0.25) is 0 Å². The lowest BCUT2D eigenvalue weighted by Gasteiger charge is -2.24. The summed E-state index contributed by atoms with van der Waals surface area (Å²) in [6, 6.07) is 14.1. The number of unbranched alkanes of at least 4 members (excludes halogenated alkanes) is 1. The van der Waals surface area contributed by atoms with Gasteiger partial charge in [-0.2, -0.15) is 4.31 Å². The van der Waals surface area contributed by atoms with E-state index in [2.05, 4.69) is 6.92 Å². The molecular weight excluding hydrogens is 388 g/mol. The Balaban J connectivity index is 2.00. The molecule has 0 aromatic heterocycles. The Bertz CT molecular complexity index is 939. The summed E-state index contributed by atoms with van der Waals surface area (Å²) in [6.45, 7) is 3.63. The number of ether oxygens (including phenoxy) is 1. The zero-order chi connectivity index (χ0) is 20.9. The Morgan fingerprint density at radius 2 is 1.79 bits per heavy atom. The topological polar surface area (TPSA) is 66.9 Å². The second kappa shape index (κ2) is 9.41. The second-order valence-electron chi connectivity index (χ2n) is 7.12. The fraction of sp³-hybridized carbons (Fsp3) is 0.409. The Kier molecular flexibility index (Phi) is 6.92. The number of carbonyl (C=O) groups is 1. The van der Waals surface area contributed by atoms with Crippen molar-refractivity contribution < 1.29 is 17.9 Å². The molecule has 1 amide bonds. The van der Waals surface area contributed by atoms with Crippen LogP contribution < -0.4 is 9.64 Å². The smallest absolute Gasteiger partial charge is 0.258 e. The van der Waals surface area contributed by atoms with Crippen LogP contribution >= 0.6 is 0 Å². The molecule has 0 aliphatic carbocycles. The van der Waals surface area contributed by atoms with Gasteiger partial charge in [0, 0.05) is 30.9 Å². The highest BCUT2D eigenvalue weighted by Crippen LogP contribution is 2.30. The summed E-state index contributed by atoms with van der Waals surface area (Å²) in [5.74, 6) is 0.0402. The SMILES string of the molecule is CCCCN(C(=O)c1ccc(OC)c(S(=O)(=O)N2CCCC2)c1)c1ccccc1. The molecule has 0 atom stereocenters. The van der Waals surface area contributed by atoms with E-state index in [1.54, 1.807) is 17.0 Å². The molecule has 29 heavy (non-hydrogen) atoms. The van der Waals surface area contributed by atoms with Crippen LogP contribution in [-0.2, 0) is 10.0 Å². The van der Waals surface area contributed by atoms with Crippen molar-refractivity contribution in [2.24, 2.45) is 0 Å². The zero-order valence-corrected chi connectivity index (χ0v) is 17.8. The van der Waals surface area contributed by atoms with Gasteiger partial charge in [-0.25, -0.2) is 8.42 Å². The fourth-order valence-corrected chi connectivity index (χ4v) is 5.21. The first-order chi connectivity index (χ1) is 14.0. The van der Waals surface area contributed by atoms with E-state index < -0.39 is 10.0 Å². The van der Waals surface area contributed by atoms with Crippen molar-refractivity contribution in [3.8, 4) is 5.75 Å². The minimum Gasteiger partial charge on any atom is -0.495 e. The van der Waals surface area contributed by atoms with Gasteiger partial charge in [0.1, 0.15) is 10.6 Å². The fourth-order valence-electron chi connectivity index (χ4n) is 3.51. The van der Waals surface area contributed by atoms with Gasteiger partial charge in [-0.05, 0) is 49.6 Å². The van der Waals surface area contributed by atoms with Crippen molar-refractivity contribution in [1.29, 1.82) is 0 Å². The summed E-state index contributed by atoms with van der Waals surface area (Å²) in [5, 5.41) is 0. The molecule has 1 fully saturated rings.